The van der Waals surface area contributed by atoms with E-state index < -0.39 is 0 Å². The molecule has 2 aromatic carbocycles. The van der Waals surface area contributed by atoms with Crippen molar-refractivity contribution >= 4 is 5.97 Å². The Morgan fingerprint density at radius 2 is 1.59 bits per heavy atom. The number of ether oxygens (including phenoxy) is 1. The third kappa shape index (κ3) is 5.34. The van der Waals surface area contributed by atoms with Crippen LogP contribution in [0, 0.1) is 0 Å². The molecular formula is C19H22O3. The molecule has 0 bridgehead atoms. The van der Waals surface area contributed by atoms with Crippen LogP contribution in [-0.4, -0.2) is 23.8 Å². The number of hydrogen-bond acceptors (Lipinski definition) is 3. The lowest BCUT2D eigenvalue weighted by Crippen LogP contribution is -2.19. The standard InChI is InChI=1S/C19H22O3/c20-15-7-12-18(14-13-16-8-3-1-4-9-16)22-19(21)17-10-5-2-6-11-17/h1-6,8-11,18,20H,7,12-15H2. The van der Waals surface area contributed by atoms with E-state index in [4.69, 9.17) is 9.84 Å². The summed E-state index contributed by atoms with van der Waals surface area (Å²) < 4.78 is 5.61. The number of benzene rings is 2. The van der Waals surface area contributed by atoms with E-state index in [2.05, 4.69) is 12.1 Å². The maximum atomic E-state index is 12.1. The summed E-state index contributed by atoms with van der Waals surface area (Å²) in [7, 11) is 0. The molecule has 0 heterocycles. The monoisotopic (exact) mass is 298 g/mol. The molecule has 0 aliphatic carbocycles. The van der Waals surface area contributed by atoms with Crippen molar-refractivity contribution in [2.75, 3.05) is 6.61 Å². The summed E-state index contributed by atoms with van der Waals surface area (Å²) in [6.45, 7) is 0.116. The minimum Gasteiger partial charge on any atom is -0.459 e. The van der Waals surface area contributed by atoms with Gasteiger partial charge in [-0.25, -0.2) is 4.79 Å². The molecule has 0 aliphatic rings. The van der Waals surface area contributed by atoms with Crippen LogP contribution in [0.4, 0.5) is 0 Å². The Bertz CT molecular complexity index is 551. The van der Waals surface area contributed by atoms with E-state index >= 15 is 0 Å². The highest BCUT2D eigenvalue weighted by molar-refractivity contribution is 5.89. The smallest absolute Gasteiger partial charge is 0.338 e. The van der Waals surface area contributed by atoms with Gasteiger partial charge in [-0.05, 0) is 43.4 Å². The lowest BCUT2D eigenvalue weighted by atomic mass is 10.0. The summed E-state index contributed by atoms with van der Waals surface area (Å²) in [5.41, 5.74) is 1.79. The Hall–Kier alpha value is -2.13. The van der Waals surface area contributed by atoms with Gasteiger partial charge >= 0.3 is 5.97 Å². The average Bonchev–Trinajstić information content (AvgIpc) is 2.59. The number of aryl methyl sites for hydroxylation is 1. The predicted molar refractivity (Wildman–Crippen MR) is 86.7 cm³/mol. The number of aliphatic hydroxyl groups is 1. The van der Waals surface area contributed by atoms with E-state index in [9.17, 15) is 4.79 Å². The summed E-state index contributed by atoms with van der Waals surface area (Å²) in [6, 6.07) is 19.2. The van der Waals surface area contributed by atoms with Crippen molar-refractivity contribution in [1.29, 1.82) is 0 Å². The van der Waals surface area contributed by atoms with Gasteiger partial charge in [0.05, 0.1) is 5.56 Å². The van der Waals surface area contributed by atoms with Crippen LogP contribution in [0.25, 0.3) is 0 Å². The highest BCUT2D eigenvalue weighted by Gasteiger charge is 2.15. The van der Waals surface area contributed by atoms with Gasteiger partial charge < -0.3 is 9.84 Å². The van der Waals surface area contributed by atoms with Gasteiger partial charge in [-0.3, -0.25) is 0 Å². The minimum absolute atomic E-state index is 0.116. The van der Waals surface area contributed by atoms with Crippen molar-refractivity contribution < 1.29 is 14.6 Å². The number of hydrogen-bond donors (Lipinski definition) is 1. The maximum absolute atomic E-state index is 12.1. The van der Waals surface area contributed by atoms with Gasteiger partial charge in [0.25, 0.3) is 0 Å². The molecule has 1 unspecified atom stereocenters. The third-order valence-electron chi connectivity index (χ3n) is 3.57. The first-order valence-electron chi connectivity index (χ1n) is 7.70. The van der Waals surface area contributed by atoms with Crippen molar-refractivity contribution in [2.45, 2.75) is 31.8 Å². The van der Waals surface area contributed by atoms with Crippen LogP contribution < -0.4 is 0 Å². The molecule has 116 valence electrons. The number of rotatable bonds is 8. The van der Waals surface area contributed by atoms with Crippen LogP contribution in [0.15, 0.2) is 60.7 Å². The Kier molecular flexibility index (Phi) is 6.65. The van der Waals surface area contributed by atoms with Crippen LogP contribution in [0.2, 0.25) is 0 Å². The fraction of sp³-hybridized carbons (Fsp3) is 0.316. The van der Waals surface area contributed by atoms with E-state index in [-0.39, 0.29) is 18.7 Å². The molecule has 0 aromatic heterocycles. The molecule has 0 aliphatic heterocycles. The molecule has 0 radical (unpaired) electrons. The molecule has 1 N–H and O–H groups in total. The van der Waals surface area contributed by atoms with Crippen molar-refractivity contribution in [3.05, 3.63) is 71.8 Å². The minimum atomic E-state index is -0.295. The Morgan fingerprint density at radius 1 is 0.955 bits per heavy atom. The van der Waals surface area contributed by atoms with Crippen LogP contribution >= 0.6 is 0 Å². The lowest BCUT2D eigenvalue weighted by molar-refractivity contribution is 0.0246. The van der Waals surface area contributed by atoms with E-state index in [1.165, 1.54) is 5.56 Å². The molecule has 0 amide bonds. The first kappa shape index (κ1) is 16.2. The highest BCUT2D eigenvalue weighted by atomic mass is 16.5. The van der Waals surface area contributed by atoms with Crippen LogP contribution in [0.1, 0.15) is 35.2 Å². The molecule has 0 saturated carbocycles. The van der Waals surface area contributed by atoms with E-state index in [0.29, 0.717) is 18.4 Å². The molecule has 1 atom stereocenters. The maximum Gasteiger partial charge on any atom is 0.338 e. The zero-order valence-corrected chi connectivity index (χ0v) is 12.7. The fourth-order valence-corrected chi connectivity index (χ4v) is 2.35. The zero-order valence-electron chi connectivity index (χ0n) is 12.7. The van der Waals surface area contributed by atoms with Gasteiger partial charge in [0, 0.05) is 6.61 Å². The second kappa shape index (κ2) is 9.00. The predicted octanol–water partition coefficient (Wildman–Crippen LogP) is 3.62. The molecule has 2 aromatic rings. The van der Waals surface area contributed by atoms with Gasteiger partial charge in [0.1, 0.15) is 6.10 Å². The molecule has 0 saturated heterocycles. The van der Waals surface area contributed by atoms with Crippen LogP contribution in [0.5, 0.6) is 0 Å². The molecule has 2 rings (SSSR count). The zero-order chi connectivity index (χ0) is 15.6. The average molecular weight is 298 g/mol. The topological polar surface area (TPSA) is 46.5 Å². The lowest BCUT2D eigenvalue weighted by Gasteiger charge is -2.17. The SMILES string of the molecule is O=C(OC(CCCO)CCc1ccccc1)c1ccccc1. The molecular weight excluding hydrogens is 276 g/mol. The van der Waals surface area contributed by atoms with Crippen LogP contribution in [0.3, 0.4) is 0 Å². The fourth-order valence-electron chi connectivity index (χ4n) is 2.35. The summed E-state index contributed by atoms with van der Waals surface area (Å²) in [5, 5.41) is 9.01. The summed E-state index contributed by atoms with van der Waals surface area (Å²) in [4.78, 5) is 12.1. The van der Waals surface area contributed by atoms with Crippen molar-refractivity contribution in [2.24, 2.45) is 0 Å². The van der Waals surface area contributed by atoms with Gasteiger partial charge in [0.2, 0.25) is 0 Å². The van der Waals surface area contributed by atoms with E-state index in [1.807, 2.05) is 36.4 Å². The van der Waals surface area contributed by atoms with E-state index in [1.54, 1.807) is 12.1 Å². The Morgan fingerprint density at radius 3 is 2.23 bits per heavy atom. The second-order valence-electron chi connectivity index (χ2n) is 5.28. The first-order valence-corrected chi connectivity index (χ1v) is 7.70. The molecule has 3 heteroatoms. The van der Waals surface area contributed by atoms with Crippen molar-refractivity contribution in [3.63, 3.8) is 0 Å². The van der Waals surface area contributed by atoms with Gasteiger partial charge in [-0.1, -0.05) is 48.5 Å². The van der Waals surface area contributed by atoms with Gasteiger partial charge in [-0.15, -0.1) is 0 Å². The second-order valence-corrected chi connectivity index (χ2v) is 5.28. The summed E-state index contributed by atoms with van der Waals surface area (Å²) in [5.74, 6) is -0.295. The molecule has 22 heavy (non-hydrogen) atoms. The first-order chi connectivity index (χ1) is 10.8. The van der Waals surface area contributed by atoms with Crippen molar-refractivity contribution in [1.82, 2.24) is 0 Å². The molecule has 0 fully saturated rings. The molecule has 0 spiro atoms. The van der Waals surface area contributed by atoms with E-state index in [0.717, 1.165) is 12.8 Å². The Labute approximate surface area is 131 Å². The normalized spacial score (nSPS) is 11.9. The molecule has 3 nitrogen and oxygen atoms in total. The summed E-state index contributed by atoms with van der Waals surface area (Å²) >= 11 is 0. The largest absolute Gasteiger partial charge is 0.459 e. The number of aliphatic hydroxyl groups excluding tert-OH is 1. The van der Waals surface area contributed by atoms with Gasteiger partial charge in [0.15, 0.2) is 0 Å². The summed E-state index contributed by atoms with van der Waals surface area (Å²) in [6.07, 6.45) is 2.78. The third-order valence-corrected chi connectivity index (χ3v) is 3.57. The van der Waals surface area contributed by atoms with Gasteiger partial charge in [-0.2, -0.15) is 0 Å². The quantitative estimate of drug-likeness (QED) is 0.757. The Balaban J connectivity index is 1.92. The van der Waals surface area contributed by atoms with Crippen molar-refractivity contribution in [3.8, 4) is 0 Å². The number of carbonyl (C=O) groups excluding carboxylic acids is 1. The number of carbonyl (C=O) groups is 1. The number of esters is 1. The highest BCUT2D eigenvalue weighted by Crippen LogP contribution is 2.14. The van der Waals surface area contributed by atoms with Crippen LogP contribution in [-0.2, 0) is 11.2 Å².